The summed E-state index contributed by atoms with van der Waals surface area (Å²) in [7, 11) is 1.31. The number of furan rings is 2. The van der Waals surface area contributed by atoms with Gasteiger partial charge in [0, 0.05) is 32.7 Å². The number of carbonyl (C=O) groups excluding carboxylic acids is 2. The van der Waals surface area contributed by atoms with Gasteiger partial charge in [0.1, 0.15) is 22.3 Å². The number of esters is 1. The molecule has 0 spiro atoms. The van der Waals surface area contributed by atoms with Crippen LogP contribution < -0.4 is 0 Å². The number of methoxy groups -OCH3 is 1. The summed E-state index contributed by atoms with van der Waals surface area (Å²) in [6, 6.07) is 13.7. The summed E-state index contributed by atoms with van der Waals surface area (Å²) in [5, 5.41) is 0. The highest BCUT2D eigenvalue weighted by atomic mass is 16.5. The normalized spacial score (nSPS) is 15.5. The molecule has 0 radical (unpaired) electrons. The van der Waals surface area contributed by atoms with E-state index in [9.17, 15) is 9.59 Å². The van der Waals surface area contributed by atoms with Gasteiger partial charge in [-0.15, -0.1) is 0 Å². The van der Waals surface area contributed by atoms with Gasteiger partial charge in [0.05, 0.1) is 7.11 Å². The van der Waals surface area contributed by atoms with Crippen LogP contribution in [0.1, 0.15) is 26.3 Å². The second kappa shape index (κ2) is 6.80. The van der Waals surface area contributed by atoms with Crippen LogP contribution in [0.4, 0.5) is 0 Å². The number of nitrogens with zero attached hydrogens (tertiary/aromatic N) is 2. The molecule has 6 nitrogen and oxygen atoms in total. The molecule has 0 atom stereocenters. The van der Waals surface area contributed by atoms with Crippen LogP contribution in [0.3, 0.4) is 0 Å². The summed E-state index contributed by atoms with van der Waals surface area (Å²) < 4.78 is 10.3. The number of fused-ring (bicyclic) bond motifs is 2. The zero-order chi connectivity index (χ0) is 18.1. The average Bonchev–Trinajstić information content (AvgIpc) is 3.30. The van der Waals surface area contributed by atoms with E-state index >= 15 is 0 Å². The number of hydrogen-bond acceptors (Lipinski definition) is 5. The predicted octanol–water partition coefficient (Wildman–Crippen LogP) is 2.62. The molecule has 1 aliphatic heterocycles. The lowest BCUT2D eigenvalue weighted by Gasteiger charge is -2.34. The molecular weight excluding hydrogens is 332 g/mol. The van der Waals surface area contributed by atoms with E-state index < -0.39 is 5.97 Å². The summed E-state index contributed by atoms with van der Waals surface area (Å²) in [6.07, 6.45) is 0. The van der Waals surface area contributed by atoms with E-state index in [4.69, 9.17) is 9.15 Å². The van der Waals surface area contributed by atoms with Crippen molar-refractivity contribution in [3.63, 3.8) is 0 Å². The highest BCUT2D eigenvalue weighted by Crippen LogP contribution is 2.30. The average molecular weight is 352 g/mol. The zero-order valence-corrected chi connectivity index (χ0v) is 14.6. The fourth-order valence-corrected chi connectivity index (χ4v) is 3.48. The number of benzene rings is 2. The summed E-state index contributed by atoms with van der Waals surface area (Å²) >= 11 is 0. The Morgan fingerprint density at radius 3 is 2.27 bits per heavy atom. The molecule has 2 aromatic heterocycles. The summed E-state index contributed by atoms with van der Waals surface area (Å²) in [4.78, 5) is 29.1. The number of amides is 1. The molecule has 0 N–H and O–H groups in total. The molecule has 2 bridgehead atoms. The third kappa shape index (κ3) is 2.93. The predicted molar refractivity (Wildman–Crippen MR) is 96.4 cm³/mol. The Hall–Kier alpha value is -2.86. The van der Waals surface area contributed by atoms with Crippen LogP contribution in [-0.4, -0.2) is 55.0 Å². The Kier molecular flexibility index (Phi) is 4.34. The molecule has 26 heavy (non-hydrogen) atoms. The third-order valence-electron chi connectivity index (χ3n) is 4.86. The first kappa shape index (κ1) is 16.6. The van der Waals surface area contributed by atoms with Gasteiger partial charge in [-0.25, -0.2) is 4.79 Å². The molecule has 0 saturated carbocycles. The minimum atomic E-state index is -0.537. The van der Waals surface area contributed by atoms with Crippen molar-refractivity contribution in [2.75, 3.05) is 33.3 Å². The van der Waals surface area contributed by atoms with Crippen molar-refractivity contribution in [1.29, 1.82) is 0 Å². The maximum absolute atomic E-state index is 13.0. The minimum absolute atomic E-state index is 0.167. The highest BCUT2D eigenvalue weighted by molar-refractivity contribution is 6.14. The summed E-state index contributed by atoms with van der Waals surface area (Å²) in [6.45, 7) is 3.71. The van der Waals surface area contributed by atoms with Crippen LogP contribution in [0.5, 0.6) is 0 Å². The topological polar surface area (TPSA) is 63.0 Å². The van der Waals surface area contributed by atoms with Gasteiger partial charge in [-0.05, 0) is 17.7 Å². The Balaban J connectivity index is 1.46. The van der Waals surface area contributed by atoms with Crippen molar-refractivity contribution in [2.45, 2.75) is 6.54 Å². The van der Waals surface area contributed by atoms with E-state index in [1.807, 2.05) is 18.2 Å². The SMILES string of the molecule is COC(=O)c1c(C(=O)N2CCN(Cc3ccccc3)CC2)c2ccc1o2. The largest absolute Gasteiger partial charge is 0.465 e. The Morgan fingerprint density at radius 2 is 1.62 bits per heavy atom. The molecule has 4 rings (SSSR count). The van der Waals surface area contributed by atoms with Gasteiger partial charge in [0.15, 0.2) is 0 Å². The molecule has 1 fully saturated rings. The molecule has 3 heterocycles. The number of hydrogen-bond donors (Lipinski definition) is 0. The van der Waals surface area contributed by atoms with Crippen LogP contribution in [0.15, 0.2) is 46.9 Å². The first-order valence-electron chi connectivity index (χ1n) is 8.66. The van der Waals surface area contributed by atoms with Crippen molar-refractivity contribution in [3.05, 3.63) is 59.2 Å². The molecule has 0 aliphatic carbocycles. The van der Waals surface area contributed by atoms with E-state index in [2.05, 4.69) is 17.0 Å². The van der Waals surface area contributed by atoms with Crippen molar-refractivity contribution >= 4 is 23.0 Å². The van der Waals surface area contributed by atoms with E-state index in [1.165, 1.54) is 12.7 Å². The van der Waals surface area contributed by atoms with Gasteiger partial charge in [0.2, 0.25) is 0 Å². The van der Waals surface area contributed by atoms with Crippen LogP contribution in [0.2, 0.25) is 0 Å². The second-order valence-corrected chi connectivity index (χ2v) is 6.46. The molecule has 1 saturated heterocycles. The maximum atomic E-state index is 13.0. The Morgan fingerprint density at radius 1 is 0.962 bits per heavy atom. The lowest BCUT2D eigenvalue weighted by molar-refractivity contribution is 0.0574. The number of piperazine rings is 1. The smallest absolute Gasteiger partial charge is 0.342 e. The molecule has 0 unspecified atom stereocenters. The zero-order valence-electron chi connectivity index (χ0n) is 14.6. The minimum Gasteiger partial charge on any atom is -0.465 e. The summed E-state index contributed by atoms with van der Waals surface area (Å²) in [5.41, 5.74) is 2.67. The van der Waals surface area contributed by atoms with Gasteiger partial charge >= 0.3 is 5.97 Å². The van der Waals surface area contributed by atoms with Crippen LogP contribution in [0.25, 0.3) is 11.2 Å². The fraction of sp³-hybridized carbons (Fsp3) is 0.300. The standard InChI is InChI=1S/C20H20N2O4/c1-25-20(24)18-16-8-7-15(26-16)17(18)19(23)22-11-9-21(10-12-22)13-14-5-3-2-4-6-14/h2-8H,9-13H2,1H3. The van der Waals surface area contributed by atoms with Crippen molar-refractivity contribution in [1.82, 2.24) is 9.80 Å². The lowest BCUT2D eigenvalue weighted by atomic mass is 10.1. The number of rotatable bonds is 4. The number of carbonyl (C=O) groups is 2. The third-order valence-corrected chi connectivity index (χ3v) is 4.86. The van der Waals surface area contributed by atoms with Crippen molar-refractivity contribution in [2.24, 2.45) is 0 Å². The Bertz CT molecular complexity index is 910. The molecule has 1 aromatic carbocycles. The van der Waals surface area contributed by atoms with Crippen LogP contribution in [-0.2, 0) is 11.3 Å². The van der Waals surface area contributed by atoms with Gasteiger partial charge in [-0.1, -0.05) is 30.3 Å². The molecule has 6 heteroatoms. The molecule has 1 amide bonds. The van der Waals surface area contributed by atoms with Crippen molar-refractivity contribution in [3.8, 4) is 0 Å². The molecule has 134 valence electrons. The quantitative estimate of drug-likeness (QED) is 0.676. The fourth-order valence-electron chi connectivity index (χ4n) is 3.48. The van der Waals surface area contributed by atoms with E-state index in [0.717, 1.165) is 19.6 Å². The number of ether oxygens (including phenoxy) is 1. The van der Waals surface area contributed by atoms with Crippen LogP contribution >= 0.6 is 0 Å². The maximum Gasteiger partial charge on any atom is 0.342 e. The first-order valence-corrected chi connectivity index (χ1v) is 8.66. The Labute approximate surface area is 151 Å². The molecule has 1 aliphatic rings. The monoisotopic (exact) mass is 352 g/mol. The highest BCUT2D eigenvalue weighted by Gasteiger charge is 2.32. The van der Waals surface area contributed by atoms with Gasteiger partial charge in [0.25, 0.3) is 5.91 Å². The van der Waals surface area contributed by atoms with Crippen LogP contribution in [0, 0.1) is 0 Å². The van der Waals surface area contributed by atoms with Gasteiger partial charge < -0.3 is 14.1 Å². The molecule has 3 aromatic rings. The van der Waals surface area contributed by atoms with E-state index in [0.29, 0.717) is 29.8 Å². The molecular formula is C20H20N2O4. The second-order valence-electron chi connectivity index (χ2n) is 6.46. The summed E-state index contributed by atoms with van der Waals surface area (Å²) in [5.74, 6) is -0.704. The van der Waals surface area contributed by atoms with Gasteiger partial charge in [-0.3, -0.25) is 9.69 Å². The van der Waals surface area contributed by atoms with E-state index in [1.54, 1.807) is 17.0 Å². The lowest BCUT2D eigenvalue weighted by Crippen LogP contribution is -2.48. The van der Waals surface area contributed by atoms with Gasteiger partial charge in [-0.2, -0.15) is 0 Å². The van der Waals surface area contributed by atoms with Crippen molar-refractivity contribution < 1.29 is 18.7 Å². The van der Waals surface area contributed by atoms with E-state index in [-0.39, 0.29) is 11.5 Å². The first-order chi connectivity index (χ1) is 12.7.